The minimum Gasteiger partial charge on any atom is -0.301 e. The van der Waals surface area contributed by atoms with Crippen LogP contribution >= 0.6 is 0 Å². The second kappa shape index (κ2) is 4.89. The van der Waals surface area contributed by atoms with Gasteiger partial charge in [-0.05, 0) is 18.2 Å². The van der Waals surface area contributed by atoms with E-state index in [2.05, 4.69) is 16.7 Å². The van der Waals surface area contributed by atoms with Crippen LogP contribution in [-0.2, 0) is 9.84 Å². The highest BCUT2D eigenvalue weighted by Gasteiger charge is 2.38. The molecule has 0 bridgehead atoms. The summed E-state index contributed by atoms with van der Waals surface area (Å²) in [7, 11) is -3.08. The fourth-order valence-corrected chi connectivity index (χ4v) is 4.95. The quantitative estimate of drug-likeness (QED) is 0.815. The molecule has 1 aromatic carbocycles. The van der Waals surface area contributed by atoms with Crippen molar-refractivity contribution in [3.8, 4) is 0 Å². The molecule has 3 rings (SSSR count). The SMILES string of the molecule is CCN1CCN([C@@H]2CS(=O)(=O)c3ccccc32)CC1. The van der Waals surface area contributed by atoms with Crippen LogP contribution < -0.4 is 0 Å². The summed E-state index contributed by atoms with van der Waals surface area (Å²) in [6, 6.07) is 7.52. The number of rotatable bonds is 2. The maximum absolute atomic E-state index is 12.2. The number of likely N-dealkylation sites (N-methyl/N-ethyl adjacent to an activating group) is 1. The predicted molar refractivity (Wildman–Crippen MR) is 74.9 cm³/mol. The average molecular weight is 280 g/mol. The first-order valence-corrected chi connectivity index (χ1v) is 8.55. The molecule has 0 aromatic heterocycles. The Kier molecular flexibility index (Phi) is 3.37. The third kappa shape index (κ3) is 2.30. The van der Waals surface area contributed by atoms with Crippen LogP contribution in [-0.4, -0.2) is 56.7 Å². The summed E-state index contributed by atoms with van der Waals surface area (Å²) in [5, 5.41) is 0. The summed E-state index contributed by atoms with van der Waals surface area (Å²) >= 11 is 0. The number of hydrogen-bond acceptors (Lipinski definition) is 4. The maximum Gasteiger partial charge on any atom is 0.180 e. The van der Waals surface area contributed by atoms with Crippen LogP contribution in [0.25, 0.3) is 0 Å². The number of sulfone groups is 1. The molecule has 2 heterocycles. The van der Waals surface area contributed by atoms with Crippen molar-refractivity contribution < 1.29 is 8.42 Å². The minimum atomic E-state index is -3.08. The molecule has 19 heavy (non-hydrogen) atoms. The van der Waals surface area contributed by atoms with Crippen LogP contribution in [0, 0.1) is 0 Å². The Balaban J connectivity index is 1.85. The van der Waals surface area contributed by atoms with Crippen LogP contribution in [0.1, 0.15) is 18.5 Å². The number of hydrogen-bond donors (Lipinski definition) is 0. The van der Waals surface area contributed by atoms with E-state index in [4.69, 9.17) is 0 Å². The van der Waals surface area contributed by atoms with Crippen molar-refractivity contribution in [1.29, 1.82) is 0 Å². The molecule has 0 amide bonds. The van der Waals surface area contributed by atoms with E-state index in [1.54, 1.807) is 6.07 Å². The van der Waals surface area contributed by atoms with Crippen LogP contribution in [0.2, 0.25) is 0 Å². The molecule has 0 saturated carbocycles. The highest BCUT2D eigenvalue weighted by Crippen LogP contribution is 2.37. The number of fused-ring (bicyclic) bond motifs is 1. The summed E-state index contributed by atoms with van der Waals surface area (Å²) in [6.07, 6.45) is 0. The monoisotopic (exact) mass is 280 g/mol. The lowest BCUT2D eigenvalue weighted by Gasteiger charge is -2.37. The van der Waals surface area contributed by atoms with Crippen LogP contribution in [0.3, 0.4) is 0 Å². The van der Waals surface area contributed by atoms with Gasteiger partial charge in [-0.2, -0.15) is 0 Å². The first kappa shape index (κ1) is 13.1. The standard InChI is InChI=1S/C14H20N2O2S/c1-2-15-7-9-16(10-8-15)13-11-19(17,18)14-6-4-3-5-12(13)14/h3-6,13H,2,7-11H2,1H3/t13-/m1/s1. The van der Waals surface area contributed by atoms with E-state index in [9.17, 15) is 8.42 Å². The first-order valence-electron chi connectivity index (χ1n) is 6.90. The topological polar surface area (TPSA) is 40.6 Å². The van der Waals surface area contributed by atoms with Gasteiger partial charge in [0.2, 0.25) is 0 Å². The zero-order chi connectivity index (χ0) is 13.5. The number of benzene rings is 1. The van der Waals surface area contributed by atoms with Gasteiger partial charge < -0.3 is 4.90 Å². The fourth-order valence-electron chi connectivity index (χ4n) is 3.12. The molecule has 0 aliphatic carbocycles. The lowest BCUT2D eigenvalue weighted by molar-refractivity contribution is 0.108. The molecule has 2 aliphatic rings. The lowest BCUT2D eigenvalue weighted by Crippen LogP contribution is -2.47. The van der Waals surface area contributed by atoms with E-state index < -0.39 is 9.84 Å². The van der Waals surface area contributed by atoms with Gasteiger partial charge in [0.05, 0.1) is 16.7 Å². The van der Waals surface area contributed by atoms with Gasteiger partial charge in [-0.1, -0.05) is 25.1 Å². The van der Waals surface area contributed by atoms with Crippen molar-refractivity contribution in [2.24, 2.45) is 0 Å². The first-order chi connectivity index (χ1) is 9.12. The van der Waals surface area contributed by atoms with Gasteiger partial charge in [-0.3, -0.25) is 4.90 Å². The Bertz CT molecular complexity index is 563. The number of nitrogens with zero attached hydrogens (tertiary/aromatic N) is 2. The average Bonchev–Trinajstić information content (AvgIpc) is 2.72. The summed E-state index contributed by atoms with van der Waals surface area (Å²) < 4.78 is 24.4. The van der Waals surface area contributed by atoms with E-state index in [0.717, 1.165) is 38.3 Å². The summed E-state index contributed by atoms with van der Waals surface area (Å²) in [4.78, 5) is 5.28. The van der Waals surface area contributed by atoms with E-state index in [1.165, 1.54) is 0 Å². The molecule has 0 N–H and O–H groups in total. The van der Waals surface area contributed by atoms with Gasteiger partial charge in [-0.15, -0.1) is 0 Å². The summed E-state index contributed by atoms with van der Waals surface area (Å²) in [6.45, 7) is 7.24. The van der Waals surface area contributed by atoms with Crippen molar-refractivity contribution in [3.63, 3.8) is 0 Å². The molecular formula is C14H20N2O2S. The lowest BCUT2D eigenvalue weighted by atomic mass is 10.1. The Labute approximate surface area is 114 Å². The molecule has 1 saturated heterocycles. The fraction of sp³-hybridized carbons (Fsp3) is 0.571. The molecule has 4 nitrogen and oxygen atoms in total. The van der Waals surface area contributed by atoms with Gasteiger partial charge >= 0.3 is 0 Å². The zero-order valence-corrected chi connectivity index (χ0v) is 12.1. The van der Waals surface area contributed by atoms with Gasteiger partial charge in [0.15, 0.2) is 9.84 Å². The molecule has 1 fully saturated rings. The normalized spacial score (nSPS) is 27.3. The van der Waals surface area contributed by atoms with E-state index >= 15 is 0 Å². The van der Waals surface area contributed by atoms with Crippen molar-refractivity contribution in [2.75, 3.05) is 38.5 Å². The van der Waals surface area contributed by atoms with Crippen molar-refractivity contribution in [2.45, 2.75) is 17.9 Å². The van der Waals surface area contributed by atoms with Gasteiger partial charge in [0, 0.05) is 26.2 Å². The maximum atomic E-state index is 12.2. The third-order valence-corrected chi connectivity index (χ3v) is 6.08. The molecule has 104 valence electrons. The molecule has 0 unspecified atom stereocenters. The zero-order valence-electron chi connectivity index (χ0n) is 11.2. The van der Waals surface area contributed by atoms with Crippen LogP contribution in [0.5, 0.6) is 0 Å². The summed E-state index contributed by atoms with van der Waals surface area (Å²) in [5.74, 6) is 0.248. The second-order valence-electron chi connectivity index (χ2n) is 5.31. The summed E-state index contributed by atoms with van der Waals surface area (Å²) in [5.41, 5.74) is 0.993. The van der Waals surface area contributed by atoms with Crippen molar-refractivity contribution in [3.05, 3.63) is 29.8 Å². The highest BCUT2D eigenvalue weighted by molar-refractivity contribution is 7.91. The molecule has 1 aromatic rings. The number of piperazine rings is 1. The Morgan fingerprint density at radius 3 is 2.53 bits per heavy atom. The van der Waals surface area contributed by atoms with Gasteiger partial charge in [0.25, 0.3) is 0 Å². The third-order valence-electron chi connectivity index (χ3n) is 4.29. The Hall–Kier alpha value is -0.910. The van der Waals surface area contributed by atoms with E-state index in [0.29, 0.717) is 4.90 Å². The molecular weight excluding hydrogens is 260 g/mol. The van der Waals surface area contributed by atoms with E-state index in [1.807, 2.05) is 18.2 Å². The van der Waals surface area contributed by atoms with Crippen LogP contribution in [0.4, 0.5) is 0 Å². The predicted octanol–water partition coefficient (Wildman–Crippen LogP) is 1.15. The molecule has 1 atom stereocenters. The molecule has 0 spiro atoms. The molecule has 0 radical (unpaired) electrons. The largest absolute Gasteiger partial charge is 0.301 e. The minimum absolute atomic E-state index is 0.0557. The van der Waals surface area contributed by atoms with E-state index in [-0.39, 0.29) is 11.8 Å². The van der Waals surface area contributed by atoms with Gasteiger partial charge in [-0.25, -0.2) is 8.42 Å². The van der Waals surface area contributed by atoms with Crippen LogP contribution in [0.15, 0.2) is 29.2 Å². The Morgan fingerprint density at radius 1 is 1.16 bits per heavy atom. The smallest absolute Gasteiger partial charge is 0.180 e. The molecule has 2 aliphatic heterocycles. The Morgan fingerprint density at radius 2 is 1.84 bits per heavy atom. The van der Waals surface area contributed by atoms with Crippen molar-refractivity contribution >= 4 is 9.84 Å². The van der Waals surface area contributed by atoms with Gasteiger partial charge in [0.1, 0.15) is 0 Å². The molecule has 5 heteroatoms. The van der Waals surface area contributed by atoms with Crippen molar-refractivity contribution in [1.82, 2.24) is 9.80 Å². The highest BCUT2D eigenvalue weighted by atomic mass is 32.2. The second-order valence-corrected chi connectivity index (χ2v) is 7.31.